The summed E-state index contributed by atoms with van der Waals surface area (Å²) in [5.41, 5.74) is 2.50. The van der Waals surface area contributed by atoms with Gasteiger partial charge in [0.15, 0.2) is 0 Å². The van der Waals surface area contributed by atoms with Gasteiger partial charge in [-0.25, -0.2) is 0 Å². The van der Waals surface area contributed by atoms with E-state index in [9.17, 15) is 4.79 Å². The zero-order valence-electron chi connectivity index (χ0n) is 13.6. The normalized spacial score (nSPS) is 17.4. The molecule has 1 aromatic carbocycles. The van der Waals surface area contributed by atoms with Crippen molar-refractivity contribution < 1.29 is 4.79 Å². The Morgan fingerprint density at radius 3 is 2.75 bits per heavy atom. The monoisotopic (exact) mass is 412 g/mol. The fraction of sp³-hybridized carbons (Fsp3) is 0.412. The highest BCUT2D eigenvalue weighted by Crippen LogP contribution is 2.23. The standard InChI is InChI=1S/C17H21BrN4O.ClH/c1-2-13-3-5-14(6-4-13)16-10-19-7-8-22(16)17(23)12-21-11-15(18)9-20-21;/h3-6,9,11,16,19H,2,7-8,10,12H2,1H3;1H. The summed E-state index contributed by atoms with van der Waals surface area (Å²) in [7, 11) is 0. The van der Waals surface area contributed by atoms with E-state index in [0.717, 1.165) is 30.5 Å². The van der Waals surface area contributed by atoms with Crippen molar-refractivity contribution in [2.45, 2.75) is 25.9 Å². The second-order valence-corrected chi connectivity index (χ2v) is 6.67. The maximum Gasteiger partial charge on any atom is 0.244 e. The molecule has 0 aliphatic carbocycles. The number of carbonyl (C=O) groups excluding carboxylic acids is 1. The van der Waals surface area contributed by atoms with Crippen molar-refractivity contribution in [3.63, 3.8) is 0 Å². The molecule has 1 N–H and O–H groups in total. The summed E-state index contributed by atoms with van der Waals surface area (Å²) in [6, 6.07) is 8.66. The van der Waals surface area contributed by atoms with Crippen molar-refractivity contribution in [3.05, 3.63) is 52.3 Å². The molecule has 1 fully saturated rings. The number of piperazine rings is 1. The maximum atomic E-state index is 12.7. The Balaban J connectivity index is 0.00000208. The van der Waals surface area contributed by atoms with Gasteiger partial charge in [0.2, 0.25) is 5.91 Å². The number of amides is 1. The van der Waals surface area contributed by atoms with Gasteiger partial charge in [-0.15, -0.1) is 12.4 Å². The number of rotatable bonds is 4. The first kappa shape index (κ1) is 19.0. The predicted octanol–water partition coefficient (Wildman–Crippen LogP) is 2.80. The lowest BCUT2D eigenvalue weighted by atomic mass is 10.0. The number of aromatic nitrogens is 2. The van der Waals surface area contributed by atoms with Crippen LogP contribution < -0.4 is 5.32 Å². The number of carbonyl (C=O) groups is 1. The lowest BCUT2D eigenvalue weighted by molar-refractivity contribution is -0.135. The van der Waals surface area contributed by atoms with Gasteiger partial charge in [-0.2, -0.15) is 5.10 Å². The quantitative estimate of drug-likeness (QED) is 0.838. The molecule has 2 heterocycles. The molecule has 7 heteroatoms. The molecule has 130 valence electrons. The Bertz CT molecular complexity index is 673. The fourth-order valence-corrected chi connectivity index (χ4v) is 3.26. The molecule has 1 aliphatic rings. The van der Waals surface area contributed by atoms with Crippen molar-refractivity contribution in [1.29, 1.82) is 0 Å². The van der Waals surface area contributed by atoms with E-state index >= 15 is 0 Å². The zero-order chi connectivity index (χ0) is 16.2. The van der Waals surface area contributed by atoms with Crippen molar-refractivity contribution in [2.75, 3.05) is 19.6 Å². The van der Waals surface area contributed by atoms with Gasteiger partial charge < -0.3 is 10.2 Å². The third-order valence-corrected chi connectivity index (χ3v) is 4.64. The predicted molar refractivity (Wildman–Crippen MR) is 100 cm³/mol. The third kappa shape index (κ3) is 4.37. The second-order valence-electron chi connectivity index (χ2n) is 5.76. The highest BCUT2D eigenvalue weighted by molar-refractivity contribution is 9.10. The van der Waals surface area contributed by atoms with E-state index < -0.39 is 0 Å². The average molecular weight is 414 g/mol. The Hall–Kier alpha value is -1.37. The summed E-state index contributed by atoms with van der Waals surface area (Å²) in [4.78, 5) is 14.7. The second kappa shape index (κ2) is 8.65. The molecule has 1 aromatic heterocycles. The lowest BCUT2D eigenvalue weighted by Crippen LogP contribution is -2.49. The molecule has 0 saturated carbocycles. The average Bonchev–Trinajstić information content (AvgIpc) is 3.00. The van der Waals surface area contributed by atoms with Gasteiger partial charge in [0, 0.05) is 25.8 Å². The van der Waals surface area contributed by atoms with Gasteiger partial charge in [-0.1, -0.05) is 31.2 Å². The van der Waals surface area contributed by atoms with E-state index in [-0.39, 0.29) is 30.9 Å². The van der Waals surface area contributed by atoms with Gasteiger partial charge in [-0.3, -0.25) is 9.48 Å². The molecule has 1 amide bonds. The van der Waals surface area contributed by atoms with Crippen LogP contribution in [0.5, 0.6) is 0 Å². The summed E-state index contributed by atoms with van der Waals surface area (Å²) in [5.74, 6) is 0.103. The smallest absolute Gasteiger partial charge is 0.244 e. The largest absolute Gasteiger partial charge is 0.331 e. The zero-order valence-corrected chi connectivity index (χ0v) is 16.0. The van der Waals surface area contributed by atoms with E-state index in [1.165, 1.54) is 11.1 Å². The molecule has 1 saturated heterocycles. The van der Waals surface area contributed by atoms with E-state index in [4.69, 9.17) is 0 Å². The van der Waals surface area contributed by atoms with Crippen LogP contribution in [0.2, 0.25) is 0 Å². The van der Waals surface area contributed by atoms with Crippen LogP contribution in [0.3, 0.4) is 0 Å². The van der Waals surface area contributed by atoms with Crippen LogP contribution in [0, 0.1) is 0 Å². The summed E-state index contributed by atoms with van der Waals surface area (Å²) in [5, 5.41) is 7.57. The van der Waals surface area contributed by atoms with Gasteiger partial charge in [0.05, 0.1) is 16.7 Å². The molecular weight excluding hydrogens is 392 g/mol. The summed E-state index contributed by atoms with van der Waals surface area (Å²) >= 11 is 3.36. The van der Waals surface area contributed by atoms with Crippen LogP contribution in [-0.2, 0) is 17.8 Å². The van der Waals surface area contributed by atoms with E-state index in [1.54, 1.807) is 10.9 Å². The SMILES string of the molecule is CCc1ccc(C2CNCCN2C(=O)Cn2cc(Br)cn2)cc1.Cl. The third-order valence-electron chi connectivity index (χ3n) is 4.24. The van der Waals surface area contributed by atoms with Crippen LogP contribution in [0.4, 0.5) is 0 Å². The Morgan fingerprint density at radius 2 is 2.12 bits per heavy atom. The molecule has 5 nitrogen and oxygen atoms in total. The molecule has 1 atom stereocenters. The minimum Gasteiger partial charge on any atom is -0.331 e. The van der Waals surface area contributed by atoms with Crippen molar-refractivity contribution in [2.24, 2.45) is 0 Å². The van der Waals surface area contributed by atoms with E-state index in [0.29, 0.717) is 0 Å². The van der Waals surface area contributed by atoms with Crippen molar-refractivity contribution in [1.82, 2.24) is 20.0 Å². The number of nitrogens with one attached hydrogen (secondary N) is 1. The Kier molecular flexibility index (Phi) is 6.83. The molecule has 1 unspecified atom stereocenters. The molecule has 0 spiro atoms. The number of aryl methyl sites for hydroxylation is 1. The van der Waals surface area contributed by atoms with Crippen molar-refractivity contribution >= 4 is 34.2 Å². The fourth-order valence-electron chi connectivity index (χ4n) is 2.93. The summed E-state index contributed by atoms with van der Waals surface area (Å²) in [6.07, 6.45) is 4.55. The van der Waals surface area contributed by atoms with E-state index in [1.807, 2.05) is 11.1 Å². The van der Waals surface area contributed by atoms with Gasteiger partial charge in [0.1, 0.15) is 6.54 Å². The Labute approximate surface area is 157 Å². The highest BCUT2D eigenvalue weighted by atomic mass is 79.9. The number of benzene rings is 1. The molecular formula is C17H22BrClN4O. The highest BCUT2D eigenvalue weighted by Gasteiger charge is 2.27. The first-order valence-electron chi connectivity index (χ1n) is 7.94. The summed E-state index contributed by atoms with van der Waals surface area (Å²) < 4.78 is 2.56. The lowest BCUT2D eigenvalue weighted by Gasteiger charge is -2.36. The number of nitrogens with zero attached hydrogens (tertiary/aromatic N) is 3. The van der Waals surface area contributed by atoms with Gasteiger partial charge in [0.25, 0.3) is 0 Å². The van der Waals surface area contributed by atoms with Crippen LogP contribution in [0.1, 0.15) is 24.1 Å². The first-order valence-corrected chi connectivity index (χ1v) is 8.73. The van der Waals surface area contributed by atoms with Crippen LogP contribution in [0.25, 0.3) is 0 Å². The Morgan fingerprint density at radius 1 is 1.38 bits per heavy atom. The van der Waals surface area contributed by atoms with Gasteiger partial charge >= 0.3 is 0 Å². The first-order chi connectivity index (χ1) is 11.2. The molecule has 24 heavy (non-hydrogen) atoms. The minimum absolute atomic E-state index is 0. The number of halogens is 2. The minimum atomic E-state index is 0. The van der Waals surface area contributed by atoms with Gasteiger partial charge in [-0.05, 0) is 33.5 Å². The van der Waals surface area contributed by atoms with Crippen LogP contribution in [-0.4, -0.2) is 40.2 Å². The molecule has 3 rings (SSSR count). The topological polar surface area (TPSA) is 50.2 Å². The van der Waals surface area contributed by atoms with Crippen molar-refractivity contribution in [3.8, 4) is 0 Å². The molecule has 2 aromatic rings. The summed E-state index contributed by atoms with van der Waals surface area (Å²) in [6.45, 7) is 4.77. The number of hydrogen-bond acceptors (Lipinski definition) is 3. The molecule has 0 bridgehead atoms. The maximum absolute atomic E-state index is 12.7. The molecule has 0 radical (unpaired) electrons. The molecule has 1 aliphatic heterocycles. The van der Waals surface area contributed by atoms with E-state index in [2.05, 4.69) is 57.5 Å². The number of hydrogen-bond donors (Lipinski definition) is 1. The van der Waals surface area contributed by atoms with Crippen LogP contribution >= 0.6 is 28.3 Å². The van der Waals surface area contributed by atoms with Crippen LogP contribution in [0.15, 0.2) is 41.1 Å².